The molecular weight excluding hydrogens is 293 g/mol. The molecule has 1 fully saturated rings. The molecule has 0 saturated carbocycles. The van der Waals surface area contributed by atoms with Crippen molar-refractivity contribution in [3.05, 3.63) is 35.6 Å². The molecule has 2 atom stereocenters. The zero-order chi connectivity index (χ0) is 15.6. The van der Waals surface area contributed by atoms with Gasteiger partial charge in [-0.15, -0.1) is 0 Å². The predicted molar refractivity (Wildman–Crippen MR) is 79.0 cm³/mol. The molecule has 0 aliphatic carbocycles. The van der Waals surface area contributed by atoms with E-state index in [1.54, 1.807) is 11.0 Å². The third-order valence-corrected chi connectivity index (χ3v) is 4.70. The standard InChI is InChI=1S/C15H20FNO3S/c1-11-8-14(12-4-3-5-13(16)9-12)17(10-11)15(18)6-7-21(2,19)20/h3-5,9,11,14H,6-8,10H2,1-2H3/t11-,14-/m0/s1. The van der Waals surface area contributed by atoms with Crippen molar-refractivity contribution in [1.82, 2.24) is 4.90 Å². The minimum absolute atomic E-state index is 0.0165. The van der Waals surface area contributed by atoms with Crippen LogP contribution in [0.5, 0.6) is 0 Å². The Morgan fingerprint density at radius 1 is 1.43 bits per heavy atom. The van der Waals surface area contributed by atoms with Crippen LogP contribution in [-0.2, 0) is 14.6 Å². The fraction of sp³-hybridized carbons (Fsp3) is 0.533. The van der Waals surface area contributed by atoms with Gasteiger partial charge in [0.15, 0.2) is 0 Å². The van der Waals surface area contributed by atoms with Crippen LogP contribution in [-0.4, -0.2) is 37.8 Å². The van der Waals surface area contributed by atoms with Crippen LogP contribution in [0.3, 0.4) is 0 Å². The van der Waals surface area contributed by atoms with Gasteiger partial charge in [0.05, 0.1) is 11.8 Å². The van der Waals surface area contributed by atoms with Gasteiger partial charge in [-0.05, 0) is 30.0 Å². The van der Waals surface area contributed by atoms with Gasteiger partial charge in [0.25, 0.3) is 0 Å². The van der Waals surface area contributed by atoms with E-state index in [1.165, 1.54) is 12.1 Å². The fourth-order valence-corrected chi connectivity index (χ4v) is 3.31. The Bertz CT molecular complexity index is 630. The van der Waals surface area contributed by atoms with E-state index in [4.69, 9.17) is 0 Å². The van der Waals surface area contributed by atoms with Crippen molar-refractivity contribution >= 4 is 15.7 Å². The number of hydrogen-bond acceptors (Lipinski definition) is 3. The quantitative estimate of drug-likeness (QED) is 0.856. The third-order valence-electron chi connectivity index (χ3n) is 3.75. The maximum atomic E-state index is 13.4. The first-order chi connectivity index (χ1) is 9.76. The lowest BCUT2D eigenvalue weighted by atomic mass is 10.0. The van der Waals surface area contributed by atoms with Crippen LogP contribution in [0.2, 0.25) is 0 Å². The molecule has 116 valence electrons. The Labute approximate surface area is 124 Å². The highest BCUT2D eigenvalue weighted by atomic mass is 32.2. The van der Waals surface area contributed by atoms with Crippen LogP contribution in [0.1, 0.15) is 31.4 Å². The number of hydrogen-bond donors (Lipinski definition) is 0. The van der Waals surface area contributed by atoms with Gasteiger partial charge in [0.2, 0.25) is 5.91 Å². The number of nitrogens with zero attached hydrogens (tertiary/aromatic N) is 1. The van der Waals surface area contributed by atoms with Crippen molar-refractivity contribution in [2.75, 3.05) is 18.6 Å². The zero-order valence-corrected chi connectivity index (χ0v) is 13.1. The van der Waals surface area contributed by atoms with Crippen molar-refractivity contribution in [3.63, 3.8) is 0 Å². The Morgan fingerprint density at radius 3 is 2.76 bits per heavy atom. The fourth-order valence-electron chi connectivity index (χ4n) is 2.77. The molecule has 1 aromatic carbocycles. The first-order valence-corrected chi connectivity index (χ1v) is 9.05. The number of likely N-dealkylation sites (tertiary alicyclic amines) is 1. The average Bonchev–Trinajstić information content (AvgIpc) is 2.77. The maximum absolute atomic E-state index is 13.4. The van der Waals surface area contributed by atoms with Crippen LogP contribution in [0.4, 0.5) is 4.39 Å². The summed E-state index contributed by atoms with van der Waals surface area (Å²) in [6.45, 7) is 2.62. The number of amides is 1. The van der Waals surface area contributed by atoms with Crippen molar-refractivity contribution in [3.8, 4) is 0 Å². The number of sulfone groups is 1. The number of rotatable bonds is 4. The normalized spacial score (nSPS) is 22.5. The lowest BCUT2D eigenvalue weighted by Gasteiger charge is -2.25. The monoisotopic (exact) mass is 313 g/mol. The van der Waals surface area contributed by atoms with Crippen molar-refractivity contribution in [1.29, 1.82) is 0 Å². The highest BCUT2D eigenvalue weighted by Gasteiger charge is 2.34. The summed E-state index contributed by atoms with van der Waals surface area (Å²) in [5.41, 5.74) is 0.770. The molecule has 1 aromatic rings. The van der Waals surface area contributed by atoms with E-state index < -0.39 is 9.84 Å². The highest BCUT2D eigenvalue weighted by molar-refractivity contribution is 7.90. The van der Waals surface area contributed by atoms with Crippen LogP contribution >= 0.6 is 0 Å². The predicted octanol–water partition coefficient (Wildman–Crippen LogP) is 2.17. The molecule has 0 unspecified atom stereocenters. The number of carbonyl (C=O) groups is 1. The summed E-state index contributed by atoms with van der Waals surface area (Å²) >= 11 is 0. The first kappa shape index (κ1) is 15.9. The molecule has 1 amide bonds. The molecule has 6 heteroatoms. The molecule has 1 saturated heterocycles. The minimum Gasteiger partial charge on any atom is -0.335 e. The molecular formula is C15H20FNO3S. The summed E-state index contributed by atoms with van der Waals surface area (Å²) in [5.74, 6) is -0.331. The molecule has 1 aliphatic heterocycles. The van der Waals surface area contributed by atoms with Gasteiger partial charge in [0.1, 0.15) is 15.7 Å². The third kappa shape index (κ3) is 4.27. The largest absolute Gasteiger partial charge is 0.335 e. The van der Waals surface area contributed by atoms with E-state index in [2.05, 4.69) is 0 Å². The van der Waals surface area contributed by atoms with Gasteiger partial charge >= 0.3 is 0 Å². The van der Waals surface area contributed by atoms with Gasteiger partial charge in [-0.25, -0.2) is 12.8 Å². The number of halogens is 1. The van der Waals surface area contributed by atoms with Crippen LogP contribution in [0.25, 0.3) is 0 Å². The second-order valence-corrected chi connectivity index (χ2v) is 8.10. The summed E-state index contributed by atoms with van der Waals surface area (Å²) < 4.78 is 35.7. The molecule has 4 nitrogen and oxygen atoms in total. The van der Waals surface area contributed by atoms with Crippen molar-refractivity contribution in [2.45, 2.75) is 25.8 Å². The second-order valence-electron chi connectivity index (χ2n) is 5.84. The van der Waals surface area contributed by atoms with Gasteiger partial charge in [-0.2, -0.15) is 0 Å². The maximum Gasteiger partial charge on any atom is 0.224 e. The summed E-state index contributed by atoms with van der Waals surface area (Å²) in [6, 6.07) is 6.09. The average molecular weight is 313 g/mol. The first-order valence-electron chi connectivity index (χ1n) is 6.99. The molecule has 0 aromatic heterocycles. The lowest BCUT2D eigenvalue weighted by molar-refractivity contribution is -0.131. The Balaban J connectivity index is 2.15. The molecule has 21 heavy (non-hydrogen) atoms. The molecule has 1 aliphatic rings. The molecule has 0 bridgehead atoms. The van der Waals surface area contributed by atoms with Crippen LogP contribution < -0.4 is 0 Å². The summed E-state index contributed by atoms with van der Waals surface area (Å²) in [6.07, 6.45) is 1.88. The van der Waals surface area contributed by atoms with Gasteiger partial charge in [-0.1, -0.05) is 19.1 Å². The lowest BCUT2D eigenvalue weighted by Crippen LogP contribution is -2.32. The summed E-state index contributed by atoms with van der Waals surface area (Å²) in [7, 11) is -3.16. The van der Waals surface area contributed by atoms with E-state index in [1.807, 2.05) is 13.0 Å². The number of carbonyl (C=O) groups excluding carboxylic acids is 1. The van der Waals surface area contributed by atoms with Gasteiger partial charge in [-0.3, -0.25) is 4.79 Å². The van der Waals surface area contributed by atoms with Gasteiger partial charge in [0, 0.05) is 19.2 Å². The van der Waals surface area contributed by atoms with E-state index in [0.717, 1.165) is 18.2 Å². The summed E-state index contributed by atoms with van der Waals surface area (Å²) in [4.78, 5) is 14.0. The van der Waals surface area contributed by atoms with E-state index >= 15 is 0 Å². The molecule has 2 rings (SSSR count). The SMILES string of the molecule is C[C@H]1C[C@@H](c2cccc(F)c2)N(C(=O)CCS(C)(=O)=O)C1. The molecule has 1 heterocycles. The van der Waals surface area contributed by atoms with E-state index in [-0.39, 0.29) is 29.9 Å². The summed E-state index contributed by atoms with van der Waals surface area (Å²) in [5, 5.41) is 0. The van der Waals surface area contributed by atoms with Crippen molar-refractivity contribution in [2.24, 2.45) is 5.92 Å². The second kappa shape index (κ2) is 6.13. The molecule has 0 N–H and O–H groups in total. The molecule has 0 radical (unpaired) electrons. The smallest absolute Gasteiger partial charge is 0.224 e. The number of benzene rings is 1. The van der Waals surface area contributed by atoms with Crippen LogP contribution in [0.15, 0.2) is 24.3 Å². The molecule has 0 spiro atoms. The van der Waals surface area contributed by atoms with Crippen LogP contribution in [0, 0.1) is 11.7 Å². The van der Waals surface area contributed by atoms with E-state index in [0.29, 0.717) is 12.5 Å². The Kier molecular flexibility index (Phi) is 4.66. The van der Waals surface area contributed by atoms with Crippen molar-refractivity contribution < 1.29 is 17.6 Å². The minimum atomic E-state index is -3.16. The highest BCUT2D eigenvalue weighted by Crippen LogP contribution is 2.35. The Hall–Kier alpha value is -1.43. The topological polar surface area (TPSA) is 54.5 Å². The van der Waals surface area contributed by atoms with E-state index in [9.17, 15) is 17.6 Å². The Morgan fingerprint density at radius 2 is 2.14 bits per heavy atom. The zero-order valence-electron chi connectivity index (χ0n) is 12.3. The van der Waals surface area contributed by atoms with Gasteiger partial charge < -0.3 is 4.90 Å².